The van der Waals surface area contributed by atoms with Gasteiger partial charge >= 0.3 is 0 Å². The van der Waals surface area contributed by atoms with Crippen LogP contribution in [0.4, 0.5) is 11.4 Å². The summed E-state index contributed by atoms with van der Waals surface area (Å²) in [6, 6.07) is 9.19. The van der Waals surface area contributed by atoms with E-state index in [2.05, 4.69) is 5.32 Å². The maximum atomic E-state index is 12.5. The quantitative estimate of drug-likeness (QED) is 0.724. The van der Waals surface area contributed by atoms with E-state index in [1.165, 1.54) is 32.4 Å². The van der Waals surface area contributed by atoms with Gasteiger partial charge < -0.3 is 14.8 Å². The van der Waals surface area contributed by atoms with Crippen LogP contribution in [0.5, 0.6) is 11.5 Å². The molecular formula is C17H18Cl2N2O5S. The first-order valence-electron chi connectivity index (χ1n) is 7.60. The number of sulfonamides is 1. The summed E-state index contributed by atoms with van der Waals surface area (Å²) in [5.74, 6) is 0.0634. The van der Waals surface area contributed by atoms with E-state index in [1.54, 1.807) is 18.2 Å². The number of nitrogens with zero attached hydrogens (tertiary/aromatic N) is 1. The molecule has 0 radical (unpaired) electrons. The van der Waals surface area contributed by atoms with Gasteiger partial charge in [0.15, 0.2) is 0 Å². The first-order chi connectivity index (χ1) is 12.7. The molecule has 0 aliphatic carbocycles. The molecule has 0 aromatic heterocycles. The van der Waals surface area contributed by atoms with Gasteiger partial charge in [0.05, 0.1) is 36.9 Å². The Morgan fingerprint density at radius 3 is 2.33 bits per heavy atom. The Hall–Kier alpha value is -2.16. The zero-order valence-corrected chi connectivity index (χ0v) is 17.2. The standard InChI is InChI=1S/C17H18Cl2N2O5S/c1-25-15-9-14(16(26-2)8-13(15)19)20-17(22)10-21(27(3,23)24)12-6-4-5-11(18)7-12/h4-9H,10H2,1-3H3,(H,20,22). The van der Waals surface area contributed by atoms with Crippen molar-refractivity contribution in [3.63, 3.8) is 0 Å². The molecule has 0 saturated carbocycles. The lowest BCUT2D eigenvalue weighted by atomic mass is 10.2. The van der Waals surface area contributed by atoms with Gasteiger partial charge in [0.1, 0.15) is 18.0 Å². The number of halogens is 2. The first kappa shape index (κ1) is 21.1. The second-order valence-electron chi connectivity index (χ2n) is 5.48. The highest BCUT2D eigenvalue weighted by atomic mass is 35.5. The lowest BCUT2D eigenvalue weighted by Gasteiger charge is -2.22. The van der Waals surface area contributed by atoms with Crippen LogP contribution in [-0.4, -0.2) is 41.3 Å². The SMILES string of the molecule is COc1cc(NC(=O)CN(c2cccc(Cl)c2)S(C)(=O)=O)c(OC)cc1Cl. The minimum atomic E-state index is -3.72. The number of amides is 1. The van der Waals surface area contributed by atoms with Crippen molar-refractivity contribution in [1.82, 2.24) is 0 Å². The second kappa shape index (κ2) is 8.69. The molecule has 0 bridgehead atoms. The number of rotatable bonds is 7. The maximum Gasteiger partial charge on any atom is 0.245 e. The monoisotopic (exact) mass is 432 g/mol. The van der Waals surface area contributed by atoms with Crippen molar-refractivity contribution >= 4 is 50.5 Å². The zero-order valence-electron chi connectivity index (χ0n) is 14.8. The molecule has 10 heteroatoms. The Kier molecular flexibility index (Phi) is 6.80. The number of nitrogens with one attached hydrogen (secondary N) is 1. The van der Waals surface area contributed by atoms with E-state index in [9.17, 15) is 13.2 Å². The summed E-state index contributed by atoms with van der Waals surface area (Å²) in [7, 11) is -0.867. The van der Waals surface area contributed by atoms with E-state index < -0.39 is 22.5 Å². The van der Waals surface area contributed by atoms with Crippen LogP contribution in [0.25, 0.3) is 0 Å². The van der Waals surface area contributed by atoms with Crippen molar-refractivity contribution in [1.29, 1.82) is 0 Å². The van der Waals surface area contributed by atoms with Crippen molar-refractivity contribution in [3.8, 4) is 11.5 Å². The minimum Gasteiger partial charge on any atom is -0.495 e. The summed E-state index contributed by atoms with van der Waals surface area (Å²) >= 11 is 12.0. The van der Waals surface area contributed by atoms with Crippen molar-refractivity contribution in [2.45, 2.75) is 0 Å². The van der Waals surface area contributed by atoms with Crippen LogP contribution in [0.2, 0.25) is 10.0 Å². The van der Waals surface area contributed by atoms with Gasteiger partial charge in [-0.3, -0.25) is 9.10 Å². The molecule has 0 unspecified atom stereocenters. The van der Waals surface area contributed by atoms with Gasteiger partial charge in [-0.2, -0.15) is 0 Å². The second-order valence-corrected chi connectivity index (χ2v) is 8.24. The average Bonchev–Trinajstić information content (AvgIpc) is 2.59. The van der Waals surface area contributed by atoms with Crippen LogP contribution in [0.15, 0.2) is 36.4 Å². The fourth-order valence-electron chi connectivity index (χ4n) is 2.31. The van der Waals surface area contributed by atoms with E-state index in [4.69, 9.17) is 32.7 Å². The summed E-state index contributed by atoms with van der Waals surface area (Å²) in [5, 5.41) is 3.27. The molecule has 2 aromatic carbocycles. The zero-order chi connectivity index (χ0) is 20.2. The highest BCUT2D eigenvalue weighted by molar-refractivity contribution is 7.92. The summed E-state index contributed by atoms with van der Waals surface area (Å²) in [6.07, 6.45) is 1.01. The van der Waals surface area contributed by atoms with Crippen LogP contribution < -0.4 is 19.1 Å². The summed E-state index contributed by atoms with van der Waals surface area (Å²) in [4.78, 5) is 12.5. The number of hydrogen-bond acceptors (Lipinski definition) is 5. The largest absolute Gasteiger partial charge is 0.495 e. The number of carbonyl (C=O) groups excluding carboxylic acids is 1. The van der Waals surface area contributed by atoms with E-state index in [1.807, 2.05) is 0 Å². The van der Waals surface area contributed by atoms with Gasteiger partial charge in [0, 0.05) is 17.2 Å². The third-order valence-corrected chi connectivity index (χ3v) is 5.20. The number of ether oxygens (including phenoxy) is 2. The van der Waals surface area contributed by atoms with E-state index in [0.29, 0.717) is 27.2 Å². The van der Waals surface area contributed by atoms with Gasteiger partial charge in [0.25, 0.3) is 0 Å². The van der Waals surface area contributed by atoms with Crippen LogP contribution in [0, 0.1) is 0 Å². The Morgan fingerprint density at radius 1 is 1.11 bits per heavy atom. The molecule has 0 spiro atoms. The lowest BCUT2D eigenvalue weighted by Crippen LogP contribution is -2.37. The van der Waals surface area contributed by atoms with E-state index >= 15 is 0 Å². The van der Waals surface area contributed by atoms with Gasteiger partial charge in [-0.05, 0) is 18.2 Å². The highest BCUT2D eigenvalue weighted by Crippen LogP contribution is 2.36. The number of hydrogen-bond donors (Lipinski definition) is 1. The number of carbonyl (C=O) groups is 1. The molecule has 27 heavy (non-hydrogen) atoms. The number of methoxy groups -OCH3 is 2. The van der Waals surface area contributed by atoms with Gasteiger partial charge in [-0.1, -0.05) is 29.3 Å². The minimum absolute atomic E-state index is 0.279. The van der Waals surface area contributed by atoms with E-state index in [-0.39, 0.29) is 5.69 Å². The average molecular weight is 433 g/mol. The Morgan fingerprint density at radius 2 is 1.78 bits per heavy atom. The topological polar surface area (TPSA) is 84.9 Å². The van der Waals surface area contributed by atoms with Gasteiger partial charge in [-0.25, -0.2) is 8.42 Å². The molecule has 7 nitrogen and oxygen atoms in total. The molecule has 0 fully saturated rings. The predicted octanol–water partition coefficient (Wildman–Crippen LogP) is 3.42. The van der Waals surface area contributed by atoms with Crippen LogP contribution >= 0.6 is 23.2 Å². The molecule has 146 valence electrons. The molecule has 1 amide bonds. The predicted molar refractivity (Wildman–Crippen MR) is 107 cm³/mol. The number of anilines is 2. The molecule has 0 heterocycles. The maximum absolute atomic E-state index is 12.5. The summed E-state index contributed by atoms with van der Waals surface area (Å²) < 4.78 is 35.6. The Labute approximate surface area is 167 Å². The smallest absolute Gasteiger partial charge is 0.245 e. The first-order valence-corrected chi connectivity index (χ1v) is 10.2. The van der Waals surface area contributed by atoms with Crippen molar-refractivity contribution in [3.05, 3.63) is 46.4 Å². The molecule has 0 saturated heterocycles. The molecule has 0 aliphatic rings. The third-order valence-electron chi connectivity index (χ3n) is 3.53. The summed E-state index contributed by atoms with van der Waals surface area (Å²) in [5.41, 5.74) is 0.573. The molecule has 2 rings (SSSR count). The fraction of sp³-hybridized carbons (Fsp3) is 0.235. The molecule has 2 aromatic rings. The third kappa shape index (κ3) is 5.41. The normalized spacial score (nSPS) is 11.0. The van der Waals surface area contributed by atoms with Crippen molar-refractivity contribution in [2.75, 3.05) is 36.6 Å². The highest BCUT2D eigenvalue weighted by Gasteiger charge is 2.22. The molecule has 1 N–H and O–H groups in total. The fourth-order valence-corrected chi connectivity index (χ4v) is 3.57. The molecular weight excluding hydrogens is 415 g/mol. The number of benzene rings is 2. The summed E-state index contributed by atoms with van der Waals surface area (Å²) in [6.45, 7) is -0.451. The van der Waals surface area contributed by atoms with Gasteiger partial charge in [0.2, 0.25) is 15.9 Å². The lowest BCUT2D eigenvalue weighted by molar-refractivity contribution is -0.114. The van der Waals surface area contributed by atoms with Crippen molar-refractivity contribution < 1.29 is 22.7 Å². The van der Waals surface area contributed by atoms with Crippen molar-refractivity contribution in [2.24, 2.45) is 0 Å². The molecule has 0 aliphatic heterocycles. The van der Waals surface area contributed by atoms with Crippen LogP contribution in [-0.2, 0) is 14.8 Å². The van der Waals surface area contributed by atoms with Crippen LogP contribution in [0.1, 0.15) is 0 Å². The van der Waals surface area contributed by atoms with Crippen LogP contribution in [0.3, 0.4) is 0 Å². The van der Waals surface area contributed by atoms with Gasteiger partial charge in [-0.15, -0.1) is 0 Å². The van der Waals surface area contributed by atoms with E-state index in [0.717, 1.165) is 10.6 Å². The molecule has 0 atom stereocenters. The Bertz CT molecular complexity index is 950. The Balaban J connectivity index is 2.29.